The van der Waals surface area contributed by atoms with Gasteiger partial charge in [0, 0.05) is 19.0 Å². The number of rotatable bonds is 4. The molecule has 0 unspecified atom stereocenters. The number of aromatic nitrogens is 2. The van der Waals surface area contributed by atoms with Crippen molar-refractivity contribution in [1.29, 1.82) is 0 Å². The third-order valence-corrected chi connectivity index (χ3v) is 2.77. The minimum absolute atomic E-state index is 0.0669. The van der Waals surface area contributed by atoms with Gasteiger partial charge in [-0.15, -0.1) is 0 Å². The first kappa shape index (κ1) is 11.3. The maximum absolute atomic E-state index is 11.1. The summed E-state index contributed by atoms with van der Waals surface area (Å²) in [4.78, 5) is 19.8. The molecule has 2 N–H and O–H groups in total. The number of nitrogens with zero attached hydrogens (tertiary/aromatic N) is 2. The van der Waals surface area contributed by atoms with Crippen LogP contribution in [0.25, 0.3) is 0 Å². The van der Waals surface area contributed by atoms with E-state index in [2.05, 4.69) is 36.5 Å². The summed E-state index contributed by atoms with van der Waals surface area (Å²) in [6.07, 6.45) is 2.32. The van der Waals surface area contributed by atoms with Gasteiger partial charge in [0.2, 0.25) is 5.91 Å². The highest BCUT2D eigenvalue weighted by atomic mass is 79.9. The maximum atomic E-state index is 11.1. The average molecular weight is 285 g/mol. The molecule has 16 heavy (non-hydrogen) atoms. The van der Waals surface area contributed by atoms with Crippen molar-refractivity contribution >= 4 is 27.7 Å². The van der Waals surface area contributed by atoms with Crippen molar-refractivity contribution in [2.75, 3.05) is 18.9 Å². The first-order valence-electron chi connectivity index (χ1n) is 5.18. The van der Waals surface area contributed by atoms with Gasteiger partial charge in [0.15, 0.2) is 0 Å². The van der Waals surface area contributed by atoms with E-state index in [1.165, 1.54) is 0 Å². The minimum atomic E-state index is -0.0669. The quantitative estimate of drug-likeness (QED) is 0.818. The molecule has 1 aliphatic rings. The van der Waals surface area contributed by atoms with E-state index >= 15 is 0 Å². The maximum Gasteiger partial charge on any atom is 0.239 e. The lowest BCUT2D eigenvalue weighted by Gasteiger charge is -2.06. The molecular weight excluding hydrogens is 272 g/mol. The number of anilines is 1. The molecule has 1 amide bonds. The van der Waals surface area contributed by atoms with Crippen molar-refractivity contribution in [2.45, 2.75) is 18.8 Å². The lowest BCUT2D eigenvalue weighted by Crippen LogP contribution is -2.26. The van der Waals surface area contributed by atoms with Crippen LogP contribution in [0.15, 0.2) is 10.7 Å². The third-order valence-electron chi connectivity index (χ3n) is 2.36. The molecule has 6 heteroatoms. The number of nitrogens with one attached hydrogen (secondary N) is 2. The molecule has 1 fully saturated rings. The Bertz CT molecular complexity index is 406. The second kappa shape index (κ2) is 4.78. The normalized spacial score (nSPS) is 14.6. The van der Waals surface area contributed by atoms with Crippen LogP contribution in [0.1, 0.15) is 24.6 Å². The summed E-state index contributed by atoms with van der Waals surface area (Å²) in [5.74, 6) is 1.97. The predicted molar refractivity (Wildman–Crippen MR) is 64.3 cm³/mol. The van der Waals surface area contributed by atoms with Crippen LogP contribution in [0.4, 0.5) is 5.82 Å². The van der Waals surface area contributed by atoms with Crippen molar-refractivity contribution in [1.82, 2.24) is 15.3 Å². The second-order valence-electron chi connectivity index (χ2n) is 3.74. The van der Waals surface area contributed by atoms with Crippen LogP contribution >= 0.6 is 15.9 Å². The van der Waals surface area contributed by atoms with Crippen LogP contribution in [0.3, 0.4) is 0 Å². The van der Waals surface area contributed by atoms with E-state index in [4.69, 9.17) is 0 Å². The van der Waals surface area contributed by atoms with E-state index in [9.17, 15) is 4.79 Å². The number of hydrogen-bond acceptors (Lipinski definition) is 4. The largest absolute Gasteiger partial charge is 0.361 e. The van der Waals surface area contributed by atoms with Gasteiger partial charge in [-0.25, -0.2) is 9.97 Å². The van der Waals surface area contributed by atoms with Crippen LogP contribution in [0.2, 0.25) is 0 Å². The molecule has 86 valence electrons. The van der Waals surface area contributed by atoms with Gasteiger partial charge in [0.1, 0.15) is 16.2 Å². The molecule has 0 aromatic carbocycles. The van der Waals surface area contributed by atoms with E-state index in [1.54, 1.807) is 13.1 Å². The predicted octanol–water partition coefficient (Wildman–Crippen LogP) is 1.27. The summed E-state index contributed by atoms with van der Waals surface area (Å²) in [5, 5.41) is 5.51. The van der Waals surface area contributed by atoms with Gasteiger partial charge in [-0.3, -0.25) is 4.79 Å². The summed E-state index contributed by atoms with van der Waals surface area (Å²) >= 11 is 3.34. The topological polar surface area (TPSA) is 66.9 Å². The van der Waals surface area contributed by atoms with Crippen molar-refractivity contribution in [2.24, 2.45) is 0 Å². The van der Waals surface area contributed by atoms with Crippen LogP contribution in [0.5, 0.6) is 0 Å². The van der Waals surface area contributed by atoms with Crippen LogP contribution in [-0.2, 0) is 4.79 Å². The molecule has 0 radical (unpaired) electrons. The van der Waals surface area contributed by atoms with Gasteiger partial charge in [0.25, 0.3) is 0 Å². The summed E-state index contributed by atoms with van der Waals surface area (Å²) in [5.41, 5.74) is 0. The summed E-state index contributed by atoms with van der Waals surface area (Å²) in [6.45, 7) is 0.226. The molecule has 1 saturated carbocycles. The Labute approximate surface area is 102 Å². The van der Waals surface area contributed by atoms with Crippen LogP contribution in [0, 0.1) is 0 Å². The Balaban J connectivity index is 2.05. The lowest BCUT2D eigenvalue weighted by atomic mass is 10.4. The van der Waals surface area contributed by atoms with E-state index in [0.717, 1.165) is 23.3 Å². The Hall–Kier alpha value is -1.17. The molecule has 1 heterocycles. The molecular formula is C10H13BrN4O. The van der Waals surface area contributed by atoms with Crippen molar-refractivity contribution in [3.63, 3.8) is 0 Å². The lowest BCUT2D eigenvalue weighted by molar-refractivity contribution is -0.118. The van der Waals surface area contributed by atoms with Crippen LogP contribution in [-0.4, -0.2) is 29.5 Å². The first-order chi connectivity index (χ1) is 7.69. The van der Waals surface area contributed by atoms with E-state index < -0.39 is 0 Å². The summed E-state index contributed by atoms with van der Waals surface area (Å²) in [6, 6.07) is 1.77. The fraction of sp³-hybridized carbons (Fsp3) is 0.500. The third kappa shape index (κ3) is 2.91. The number of carbonyl (C=O) groups excluding carboxylic acids is 1. The molecule has 0 aliphatic heterocycles. The van der Waals surface area contributed by atoms with Gasteiger partial charge < -0.3 is 10.6 Å². The number of hydrogen-bond donors (Lipinski definition) is 2. The standard InChI is InChI=1S/C10H13BrN4O/c1-12-9(16)5-13-8-4-7(11)14-10(15-8)6-2-3-6/h4,6H,2-3,5H2,1H3,(H,12,16)(H,13,14,15). The number of amides is 1. The van der Waals surface area contributed by atoms with E-state index in [1.807, 2.05) is 0 Å². The summed E-state index contributed by atoms with van der Waals surface area (Å²) in [7, 11) is 1.61. The van der Waals surface area contributed by atoms with E-state index in [0.29, 0.717) is 11.7 Å². The average Bonchev–Trinajstić information content (AvgIpc) is 3.09. The molecule has 0 saturated heterocycles. The van der Waals surface area contributed by atoms with Crippen LogP contribution < -0.4 is 10.6 Å². The molecule has 0 spiro atoms. The second-order valence-corrected chi connectivity index (χ2v) is 4.55. The number of likely N-dealkylation sites (N-methyl/N-ethyl adjacent to an activating group) is 1. The van der Waals surface area contributed by atoms with Crippen molar-refractivity contribution in [3.05, 3.63) is 16.5 Å². The molecule has 1 aromatic heterocycles. The Kier molecular flexibility index (Phi) is 3.38. The monoisotopic (exact) mass is 284 g/mol. The van der Waals surface area contributed by atoms with Gasteiger partial charge in [-0.05, 0) is 28.8 Å². The molecule has 1 aliphatic carbocycles. The smallest absolute Gasteiger partial charge is 0.239 e. The van der Waals surface area contributed by atoms with Crippen molar-refractivity contribution in [3.8, 4) is 0 Å². The fourth-order valence-electron chi connectivity index (χ4n) is 1.31. The van der Waals surface area contributed by atoms with Gasteiger partial charge >= 0.3 is 0 Å². The molecule has 2 rings (SSSR count). The zero-order chi connectivity index (χ0) is 11.5. The Morgan fingerprint density at radius 2 is 2.31 bits per heavy atom. The van der Waals surface area contributed by atoms with Gasteiger partial charge in [0.05, 0.1) is 6.54 Å². The highest BCUT2D eigenvalue weighted by molar-refractivity contribution is 9.10. The SMILES string of the molecule is CNC(=O)CNc1cc(Br)nc(C2CC2)n1. The Morgan fingerprint density at radius 3 is 2.94 bits per heavy atom. The number of halogens is 1. The van der Waals surface area contributed by atoms with Gasteiger partial charge in [-0.1, -0.05) is 0 Å². The Morgan fingerprint density at radius 1 is 1.56 bits per heavy atom. The highest BCUT2D eigenvalue weighted by Crippen LogP contribution is 2.38. The highest BCUT2D eigenvalue weighted by Gasteiger charge is 2.27. The molecule has 1 aromatic rings. The number of carbonyl (C=O) groups is 1. The van der Waals surface area contributed by atoms with E-state index in [-0.39, 0.29) is 12.5 Å². The molecule has 5 nitrogen and oxygen atoms in total. The molecule has 0 bridgehead atoms. The van der Waals surface area contributed by atoms with Crippen molar-refractivity contribution < 1.29 is 4.79 Å². The zero-order valence-corrected chi connectivity index (χ0v) is 10.5. The minimum Gasteiger partial charge on any atom is -0.361 e. The first-order valence-corrected chi connectivity index (χ1v) is 5.97. The fourth-order valence-corrected chi connectivity index (χ4v) is 1.71. The molecule has 0 atom stereocenters. The zero-order valence-electron chi connectivity index (χ0n) is 8.96. The summed E-state index contributed by atoms with van der Waals surface area (Å²) < 4.78 is 0.754. The van der Waals surface area contributed by atoms with Gasteiger partial charge in [-0.2, -0.15) is 0 Å².